The zero-order valence-corrected chi connectivity index (χ0v) is 15.1. The summed E-state index contributed by atoms with van der Waals surface area (Å²) in [4.78, 5) is 12.8. The van der Waals surface area contributed by atoms with Crippen LogP contribution in [-0.4, -0.2) is 11.9 Å². The lowest BCUT2D eigenvalue weighted by atomic mass is 9.83. The molecule has 3 rings (SSSR count). The molecule has 0 fully saturated rings. The molecule has 2 heteroatoms. The lowest BCUT2D eigenvalue weighted by Crippen LogP contribution is -2.44. The summed E-state index contributed by atoms with van der Waals surface area (Å²) in [5.74, 6) is 0.0615. The number of hydrogen-bond donors (Lipinski definition) is 1. The molecule has 3 aromatic carbocycles. The summed E-state index contributed by atoms with van der Waals surface area (Å²) in [5.41, 5.74) is 1.75. The number of carbonyl (C=O) groups excluding carboxylic acids is 1. The standard InChI is InChI=1S/C23H25NO/c1-17(16-19-12-9-11-18-10-7-8-15-21(18)19)24-22(25)23(2,3)20-13-5-4-6-14-20/h4-15,17H,16H2,1-3H3,(H,24,25). The van der Waals surface area contributed by atoms with E-state index in [1.165, 1.54) is 16.3 Å². The van der Waals surface area contributed by atoms with Gasteiger partial charge in [0.2, 0.25) is 5.91 Å². The van der Waals surface area contributed by atoms with Gasteiger partial charge in [0.1, 0.15) is 0 Å². The van der Waals surface area contributed by atoms with E-state index in [-0.39, 0.29) is 11.9 Å². The predicted octanol–water partition coefficient (Wildman–Crippen LogP) is 4.86. The Morgan fingerprint density at radius 1 is 0.920 bits per heavy atom. The molecular formula is C23H25NO. The van der Waals surface area contributed by atoms with Crippen molar-refractivity contribution < 1.29 is 4.79 Å². The second-order valence-electron chi connectivity index (χ2n) is 7.21. The average Bonchev–Trinajstić information content (AvgIpc) is 2.62. The Morgan fingerprint density at radius 2 is 1.56 bits per heavy atom. The lowest BCUT2D eigenvalue weighted by molar-refractivity contribution is -0.126. The van der Waals surface area contributed by atoms with E-state index in [9.17, 15) is 4.79 Å². The van der Waals surface area contributed by atoms with E-state index in [4.69, 9.17) is 0 Å². The highest BCUT2D eigenvalue weighted by Crippen LogP contribution is 2.24. The second-order valence-corrected chi connectivity index (χ2v) is 7.21. The summed E-state index contributed by atoms with van der Waals surface area (Å²) in [6.07, 6.45) is 0.817. The van der Waals surface area contributed by atoms with Gasteiger partial charge >= 0.3 is 0 Å². The van der Waals surface area contributed by atoms with Crippen molar-refractivity contribution in [3.63, 3.8) is 0 Å². The lowest BCUT2D eigenvalue weighted by Gasteiger charge is -2.26. The second kappa shape index (κ2) is 7.10. The van der Waals surface area contributed by atoms with Gasteiger partial charge < -0.3 is 5.32 Å². The van der Waals surface area contributed by atoms with Crippen molar-refractivity contribution in [1.29, 1.82) is 0 Å². The van der Waals surface area contributed by atoms with Crippen LogP contribution in [0.3, 0.4) is 0 Å². The molecule has 0 radical (unpaired) electrons. The molecular weight excluding hydrogens is 306 g/mol. The Labute approximate surface area is 149 Å². The summed E-state index contributed by atoms with van der Waals surface area (Å²) in [7, 11) is 0. The van der Waals surface area contributed by atoms with Crippen LogP contribution in [0.2, 0.25) is 0 Å². The van der Waals surface area contributed by atoms with E-state index in [1.807, 2.05) is 44.2 Å². The zero-order valence-electron chi connectivity index (χ0n) is 15.1. The zero-order chi connectivity index (χ0) is 17.9. The van der Waals surface area contributed by atoms with E-state index in [2.05, 4.69) is 54.7 Å². The first-order valence-electron chi connectivity index (χ1n) is 8.81. The fourth-order valence-electron chi connectivity index (χ4n) is 3.24. The normalized spacial score (nSPS) is 12.8. The Balaban J connectivity index is 1.74. The monoisotopic (exact) mass is 331 g/mol. The third-order valence-electron chi connectivity index (χ3n) is 4.85. The summed E-state index contributed by atoms with van der Waals surface area (Å²) in [5, 5.41) is 5.69. The van der Waals surface area contributed by atoms with Gasteiger partial charge in [-0.15, -0.1) is 0 Å². The summed E-state index contributed by atoms with van der Waals surface area (Å²) in [6.45, 7) is 6.02. The first kappa shape index (κ1) is 17.2. The topological polar surface area (TPSA) is 29.1 Å². The highest BCUT2D eigenvalue weighted by molar-refractivity contribution is 5.88. The van der Waals surface area contributed by atoms with Crippen molar-refractivity contribution in [2.45, 2.75) is 38.6 Å². The van der Waals surface area contributed by atoms with Gasteiger partial charge in [0.25, 0.3) is 0 Å². The van der Waals surface area contributed by atoms with Gasteiger partial charge in [-0.1, -0.05) is 72.8 Å². The fourth-order valence-corrected chi connectivity index (χ4v) is 3.24. The van der Waals surface area contributed by atoms with Gasteiger partial charge in [0.15, 0.2) is 0 Å². The maximum atomic E-state index is 12.8. The predicted molar refractivity (Wildman–Crippen MR) is 105 cm³/mol. The van der Waals surface area contributed by atoms with E-state index in [0.717, 1.165) is 12.0 Å². The van der Waals surface area contributed by atoms with Crippen LogP contribution in [0.15, 0.2) is 72.8 Å². The van der Waals surface area contributed by atoms with Gasteiger partial charge in [0.05, 0.1) is 5.41 Å². The molecule has 25 heavy (non-hydrogen) atoms. The average molecular weight is 331 g/mol. The number of fused-ring (bicyclic) bond motifs is 1. The third-order valence-corrected chi connectivity index (χ3v) is 4.85. The van der Waals surface area contributed by atoms with Crippen LogP contribution in [0.25, 0.3) is 10.8 Å². The maximum Gasteiger partial charge on any atom is 0.230 e. The quantitative estimate of drug-likeness (QED) is 0.710. The highest BCUT2D eigenvalue weighted by Gasteiger charge is 2.30. The molecule has 0 saturated heterocycles. The first-order chi connectivity index (χ1) is 12.0. The van der Waals surface area contributed by atoms with Gasteiger partial charge in [-0.05, 0) is 49.1 Å². The Morgan fingerprint density at radius 3 is 2.32 bits per heavy atom. The van der Waals surface area contributed by atoms with Gasteiger partial charge in [-0.25, -0.2) is 0 Å². The van der Waals surface area contributed by atoms with E-state index >= 15 is 0 Å². The highest BCUT2D eigenvalue weighted by atomic mass is 16.2. The van der Waals surface area contributed by atoms with Crippen molar-refractivity contribution in [3.8, 4) is 0 Å². The minimum atomic E-state index is -0.547. The molecule has 3 aromatic rings. The molecule has 0 aliphatic rings. The molecule has 1 amide bonds. The fraction of sp³-hybridized carbons (Fsp3) is 0.261. The van der Waals surface area contributed by atoms with Crippen molar-refractivity contribution in [1.82, 2.24) is 5.32 Å². The number of rotatable bonds is 5. The van der Waals surface area contributed by atoms with Crippen molar-refractivity contribution >= 4 is 16.7 Å². The number of benzene rings is 3. The van der Waals surface area contributed by atoms with Crippen LogP contribution >= 0.6 is 0 Å². The molecule has 0 bridgehead atoms. The van der Waals surface area contributed by atoms with Crippen LogP contribution in [0.5, 0.6) is 0 Å². The number of hydrogen-bond acceptors (Lipinski definition) is 1. The Hall–Kier alpha value is -2.61. The number of amides is 1. The van der Waals surface area contributed by atoms with Crippen molar-refractivity contribution in [3.05, 3.63) is 83.9 Å². The largest absolute Gasteiger partial charge is 0.353 e. The van der Waals surface area contributed by atoms with E-state index in [1.54, 1.807) is 0 Å². The maximum absolute atomic E-state index is 12.8. The Bertz CT molecular complexity index is 862. The van der Waals surface area contributed by atoms with Crippen LogP contribution in [0.1, 0.15) is 31.9 Å². The molecule has 0 aliphatic heterocycles. The molecule has 1 N–H and O–H groups in total. The SMILES string of the molecule is CC(Cc1cccc2ccccc12)NC(=O)C(C)(C)c1ccccc1. The molecule has 0 heterocycles. The summed E-state index contributed by atoms with van der Waals surface area (Å²) >= 11 is 0. The van der Waals surface area contributed by atoms with Crippen molar-refractivity contribution in [2.75, 3.05) is 0 Å². The van der Waals surface area contributed by atoms with Crippen LogP contribution < -0.4 is 5.32 Å². The molecule has 0 saturated carbocycles. The van der Waals surface area contributed by atoms with Crippen LogP contribution in [0, 0.1) is 0 Å². The first-order valence-corrected chi connectivity index (χ1v) is 8.81. The number of nitrogens with one attached hydrogen (secondary N) is 1. The Kier molecular flexibility index (Phi) is 4.89. The van der Waals surface area contributed by atoms with E-state index < -0.39 is 5.41 Å². The third kappa shape index (κ3) is 3.74. The van der Waals surface area contributed by atoms with Gasteiger partial charge in [-0.2, -0.15) is 0 Å². The molecule has 0 aromatic heterocycles. The minimum absolute atomic E-state index is 0.0615. The summed E-state index contributed by atoms with van der Waals surface area (Å²) in [6, 6.07) is 24.8. The molecule has 1 unspecified atom stereocenters. The van der Waals surface area contributed by atoms with Crippen molar-refractivity contribution in [2.24, 2.45) is 0 Å². The molecule has 0 aliphatic carbocycles. The van der Waals surface area contributed by atoms with Crippen LogP contribution in [-0.2, 0) is 16.6 Å². The van der Waals surface area contributed by atoms with Crippen LogP contribution in [0.4, 0.5) is 0 Å². The van der Waals surface area contributed by atoms with E-state index in [0.29, 0.717) is 0 Å². The molecule has 1 atom stereocenters. The summed E-state index contributed by atoms with van der Waals surface area (Å²) < 4.78 is 0. The number of carbonyl (C=O) groups is 1. The van der Waals surface area contributed by atoms with Gasteiger partial charge in [0, 0.05) is 6.04 Å². The molecule has 0 spiro atoms. The smallest absolute Gasteiger partial charge is 0.230 e. The van der Waals surface area contributed by atoms with Gasteiger partial charge in [-0.3, -0.25) is 4.79 Å². The molecule has 2 nitrogen and oxygen atoms in total. The minimum Gasteiger partial charge on any atom is -0.353 e. The molecule has 128 valence electrons.